The van der Waals surface area contributed by atoms with E-state index in [0.717, 1.165) is 37.0 Å². The van der Waals surface area contributed by atoms with Crippen LogP contribution in [0.25, 0.3) is 21.7 Å². The van der Waals surface area contributed by atoms with Crippen LogP contribution in [0.3, 0.4) is 0 Å². The zero-order valence-corrected chi connectivity index (χ0v) is 19.1. The molecule has 1 aliphatic heterocycles. The minimum atomic E-state index is -3.75. The number of hydrogen-bond donors (Lipinski definition) is 3. The van der Waals surface area contributed by atoms with Gasteiger partial charge >= 0.3 is 0 Å². The predicted octanol–water partition coefficient (Wildman–Crippen LogP) is 4.56. The number of halogens is 2. The maximum Gasteiger partial charge on any atom is 0.224 e. The van der Waals surface area contributed by atoms with Crippen LogP contribution in [0.2, 0.25) is 0 Å². The minimum Gasteiger partial charge on any atom is -0.382 e. The Hall–Kier alpha value is -2.32. The number of aromatic amines is 1. The number of anilines is 1. The second kappa shape index (κ2) is 9.44. The van der Waals surface area contributed by atoms with Crippen molar-refractivity contribution in [1.82, 2.24) is 15.5 Å². The van der Waals surface area contributed by atoms with E-state index in [0.29, 0.717) is 22.3 Å². The van der Waals surface area contributed by atoms with Crippen LogP contribution in [0.15, 0.2) is 70.6 Å². The Kier molecular flexibility index (Phi) is 7.11. The summed E-state index contributed by atoms with van der Waals surface area (Å²) in [6.45, 7) is 1.98. The van der Waals surface area contributed by atoms with Crippen molar-refractivity contribution in [1.29, 1.82) is 0 Å². The fourth-order valence-corrected chi connectivity index (χ4v) is 5.60. The van der Waals surface area contributed by atoms with Gasteiger partial charge in [0.15, 0.2) is 5.03 Å². The SMILES string of the molecule is Cl.Cl.O=S(=O)(c1cccc2ccccc12)c1[nH]nc2ccc(NC3CCNCC3)cc12. The van der Waals surface area contributed by atoms with Gasteiger partial charge in [0.05, 0.1) is 10.4 Å². The number of H-pyrrole nitrogens is 1. The maximum atomic E-state index is 13.5. The molecule has 31 heavy (non-hydrogen) atoms. The highest BCUT2D eigenvalue weighted by molar-refractivity contribution is 7.91. The molecule has 1 saturated heterocycles. The van der Waals surface area contributed by atoms with E-state index in [4.69, 9.17) is 0 Å². The van der Waals surface area contributed by atoms with Crippen molar-refractivity contribution >= 4 is 62.0 Å². The van der Waals surface area contributed by atoms with Crippen LogP contribution in [0, 0.1) is 0 Å². The molecule has 0 bridgehead atoms. The molecule has 4 aromatic rings. The van der Waals surface area contributed by atoms with Crippen molar-refractivity contribution in [3.8, 4) is 0 Å². The van der Waals surface area contributed by atoms with E-state index in [1.165, 1.54) is 0 Å². The van der Waals surface area contributed by atoms with Gasteiger partial charge in [0, 0.05) is 22.5 Å². The monoisotopic (exact) mass is 478 g/mol. The third-order valence-corrected chi connectivity index (χ3v) is 7.32. The van der Waals surface area contributed by atoms with E-state index in [1.807, 2.05) is 48.5 Å². The van der Waals surface area contributed by atoms with Gasteiger partial charge in [-0.25, -0.2) is 8.42 Å². The molecule has 0 spiro atoms. The van der Waals surface area contributed by atoms with Crippen molar-refractivity contribution in [3.63, 3.8) is 0 Å². The molecule has 1 aliphatic rings. The van der Waals surface area contributed by atoms with Crippen molar-refractivity contribution in [3.05, 3.63) is 60.7 Å². The lowest BCUT2D eigenvalue weighted by atomic mass is 10.1. The first-order chi connectivity index (χ1) is 14.1. The molecule has 0 aliphatic carbocycles. The number of aromatic nitrogens is 2. The van der Waals surface area contributed by atoms with Crippen LogP contribution >= 0.6 is 24.8 Å². The lowest BCUT2D eigenvalue weighted by Crippen LogP contribution is -2.35. The first kappa shape index (κ1) is 23.3. The van der Waals surface area contributed by atoms with Crippen LogP contribution in [-0.4, -0.2) is 37.7 Å². The van der Waals surface area contributed by atoms with Crippen molar-refractivity contribution in [2.75, 3.05) is 18.4 Å². The molecule has 3 N–H and O–H groups in total. The van der Waals surface area contributed by atoms with Gasteiger partial charge in [-0.1, -0.05) is 36.4 Å². The van der Waals surface area contributed by atoms with Gasteiger partial charge in [0.1, 0.15) is 0 Å². The first-order valence-electron chi connectivity index (χ1n) is 9.81. The Morgan fingerprint density at radius 3 is 2.45 bits per heavy atom. The molecule has 164 valence electrons. The van der Waals surface area contributed by atoms with Crippen LogP contribution in [0.5, 0.6) is 0 Å². The molecule has 1 aromatic heterocycles. The van der Waals surface area contributed by atoms with Gasteiger partial charge in [-0.15, -0.1) is 24.8 Å². The molecule has 6 nitrogen and oxygen atoms in total. The van der Waals surface area contributed by atoms with Gasteiger partial charge in [0.2, 0.25) is 9.84 Å². The summed E-state index contributed by atoms with van der Waals surface area (Å²) in [6, 6.07) is 19.0. The highest BCUT2D eigenvalue weighted by Crippen LogP contribution is 2.32. The summed E-state index contributed by atoms with van der Waals surface area (Å²) < 4.78 is 27.0. The lowest BCUT2D eigenvalue weighted by Gasteiger charge is -2.24. The van der Waals surface area contributed by atoms with E-state index >= 15 is 0 Å². The number of nitrogens with zero attached hydrogens (tertiary/aromatic N) is 1. The summed E-state index contributed by atoms with van der Waals surface area (Å²) in [6.07, 6.45) is 2.09. The lowest BCUT2D eigenvalue weighted by molar-refractivity contribution is 0.479. The molecule has 0 unspecified atom stereocenters. The fourth-order valence-electron chi connectivity index (χ4n) is 4.02. The van der Waals surface area contributed by atoms with Crippen molar-refractivity contribution in [2.24, 2.45) is 0 Å². The molecule has 0 radical (unpaired) electrons. The van der Waals surface area contributed by atoms with E-state index in [-0.39, 0.29) is 34.7 Å². The molecule has 3 aromatic carbocycles. The normalized spacial score (nSPS) is 14.7. The Balaban J connectivity index is 0.00000136. The smallest absolute Gasteiger partial charge is 0.224 e. The average molecular weight is 479 g/mol. The molecule has 9 heteroatoms. The number of sulfone groups is 1. The number of rotatable bonds is 4. The Morgan fingerprint density at radius 2 is 1.65 bits per heavy atom. The molecule has 0 amide bonds. The highest BCUT2D eigenvalue weighted by Gasteiger charge is 2.25. The van der Waals surface area contributed by atoms with E-state index < -0.39 is 9.84 Å². The standard InChI is InChI=1S/C22H22N4O2S.2ClH/c27-29(28,21-7-3-5-15-4-1-2-6-18(15)21)22-19-14-17(8-9-20(19)25-26-22)24-16-10-12-23-13-11-16;;/h1-9,14,16,23-24H,10-13H2,(H,25,26);2*1H. The second-order valence-electron chi connectivity index (χ2n) is 7.43. The number of hydrogen-bond acceptors (Lipinski definition) is 5. The number of nitrogens with one attached hydrogen (secondary N) is 3. The van der Waals surface area contributed by atoms with Crippen LogP contribution < -0.4 is 10.6 Å². The van der Waals surface area contributed by atoms with Gasteiger partial charge < -0.3 is 10.6 Å². The van der Waals surface area contributed by atoms with Crippen molar-refractivity contribution in [2.45, 2.75) is 28.8 Å². The van der Waals surface area contributed by atoms with E-state index in [1.54, 1.807) is 12.1 Å². The summed E-state index contributed by atoms with van der Waals surface area (Å²) in [5.41, 5.74) is 1.56. The zero-order valence-electron chi connectivity index (χ0n) is 16.7. The molecule has 5 rings (SSSR count). The molecule has 0 saturated carbocycles. The van der Waals surface area contributed by atoms with Crippen LogP contribution in [0.4, 0.5) is 5.69 Å². The molecular weight excluding hydrogens is 455 g/mol. The van der Waals surface area contributed by atoms with Crippen molar-refractivity contribution < 1.29 is 8.42 Å². The summed E-state index contributed by atoms with van der Waals surface area (Å²) in [5.74, 6) is 0. The van der Waals surface area contributed by atoms with Gasteiger partial charge in [-0.2, -0.15) is 5.10 Å². The van der Waals surface area contributed by atoms with Gasteiger partial charge in [0.25, 0.3) is 0 Å². The predicted molar refractivity (Wildman–Crippen MR) is 130 cm³/mol. The van der Waals surface area contributed by atoms with Crippen LogP contribution in [0.1, 0.15) is 12.8 Å². The first-order valence-corrected chi connectivity index (χ1v) is 11.3. The third-order valence-electron chi connectivity index (χ3n) is 5.54. The average Bonchev–Trinajstić information content (AvgIpc) is 3.18. The molecular formula is C22H24Cl2N4O2S. The Labute approximate surface area is 193 Å². The quantitative estimate of drug-likeness (QED) is 0.400. The topological polar surface area (TPSA) is 86.9 Å². The summed E-state index contributed by atoms with van der Waals surface area (Å²) in [7, 11) is -3.75. The molecule has 2 heterocycles. The Morgan fingerprint density at radius 1 is 0.903 bits per heavy atom. The van der Waals surface area contributed by atoms with E-state index in [9.17, 15) is 8.42 Å². The maximum absolute atomic E-state index is 13.5. The summed E-state index contributed by atoms with van der Waals surface area (Å²) in [4.78, 5) is 0.290. The molecule has 0 atom stereocenters. The summed E-state index contributed by atoms with van der Waals surface area (Å²) in [5, 5.41) is 16.2. The summed E-state index contributed by atoms with van der Waals surface area (Å²) >= 11 is 0. The third kappa shape index (κ3) is 4.36. The highest BCUT2D eigenvalue weighted by atomic mass is 35.5. The molecule has 1 fully saturated rings. The number of benzene rings is 3. The minimum absolute atomic E-state index is 0. The van der Waals surface area contributed by atoms with Gasteiger partial charge in [-0.05, 0) is 55.6 Å². The Bertz CT molecular complexity index is 1300. The fraction of sp³-hybridized carbons (Fsp3) is 0.227. The van der Waals surface area contributed by atoms with E-state index in [2.05, 4.69) is 20.8 Å². The van der Waals surface area contributed by atoms with Crippen LogP contribution in [-0.2, 0) is 9.84 Å². The zero-order chi connectivity index (χ0) is 19.8. The number of fused-ring (bicyclic) bond motifs is 2. The second-order valence-corrected chi connectivity index (χ2v) is 9.29. The number of piperidine rings is 1. The van der Waals surface area contributed by atoms with Gasteiger partial charge in [-0.3, -0.25) is 5.10 Å². The largest absolute Gasteiger partial charge is 0.382 e.